The van der Waals surface area contributed by atoms with Crippen LogP contribution in [0.1, 0.15) is 27.1 Å². The molecule has 0 unspecified atom stereocenters. The fourth-order valence-electron chi connectivity index (χ4n) is 0.552. The molecule has 64 valence electrons. The first-order valence-electron chi connectivity index (χ1n) is 6.75. The van der Waals surface area contributed by atoms with Gasteiger partial charge in [0.25, 0.3) is 0 Å². The number of hydrogen-bond donors (Lipinski definition) is 0. The second-order valence-electron chi connectivity index (χ2n) is 1.76. The van der Waals surface area contributed by atoms with Crippen LogP contribution < -0.4 is 0 Å². The summed E-state index contributed by atoms with van der Waals surface area (Å²) in [5.74, 6) is -1.46. The van der Waals surface area contributed by atoms with Gasteiger partial charge in [0.05, 0.1) is 13.9 Å². The average Bonchev–Trinajstić information content (AvgIpc) is 2.21. The number of hydrogen-bond acceptors (Lipinski definition) is 3. The molecule has 0 fully saturated rings. The van der Waals surface area contributed by atoms with Crippen molar-refractivity contribution in [1.29, 1.82) is 0 Å². The Kier molecular flexibility index (Phi) is 0.949. The Hall–Kier alpha value is -0.900. The van der Waals surface area contributed by atoms with Crippen molar-refractivity contribution in [2.24, 2.45) is 0 Å². The number of carbonyl (C=O) groups is 1. The topological polar surface area (TPSA) is 39.2 Å². The average molecular weight is 238 g/mol. The molecule has 0 N–H and O–H groups in total. The third kappa shape index (κ3) is 2.04. The van der Waals surface area contributed by atoms with E-state index in [0.29, 0.717) is 0 Å². The third-order valence-electron chi connectivity index (χ3n) is 0.966. The molecule has 0 amide bonds. The maximum absolute atomic E-state index is 11.6. The van der Waals surface area contributed by atoms with Gasteiger partial charge < -0.3 is 4.74 Å². The minimum atomic E-state index is -3.04. The second-order valence-corrected chi connectivity index (χ2v) is 2.56. The summed E-state index contributed by atoms with van der Waals surface area (Å²) in [5, 5.41) is 0. The van der Waals surface area contributed by atoms with E-state index in [-0.39, 0.29) is 4.47 Å². The minimum absolute atomic E-state index is 0.281. The van der Waals surface area contributed by atoms with E-state index in [4.69, 9.17) is 11.0 Å². The number of carbonyl (C=O) groups excluding carboxylic acids is 1. The molecule has 1 aromatic heterocycles. The summed E-state index contributed by atoms with van der Waals surface area (Å²) in [5.41, 5.74) is -1.51. The lowest BCUT2D eigenvalue weighted by atomic mass is 10.3. The molecule has 4 heteroatoms. The van der Waals surface area contributed by atoms with Gasteiger partial charge in [0.2, 0.25) is 0 Å². The number of nitrogens with zero attached hydrogens (tertiary/aromatic N) is 1. The van der Waals surface area contributed by atoms with Crippen molar-refractivity contribution in [2.45, 2.75) is 6.85 Å². The predicted molar refractivity (Wildman–Crippen MR) is 48.0 cm³/mol. The molecule has 0 aliphatic carbocycles. The van der Waals surface area contributed by atoms with Crippen LogP contribution in [0.3, 0.4) is 0 Å². The van der Waals surface area contributed by atoms with Gasteiger partial charge >= 0.3 is 5.97 Å². The third-order valence-corrected chi connectivity index (χ3v) is 1.36. The molecule has 0 atom stereocenters. The molecular weight excluding hydrogens is 222 g/mol. The fourth-order valence-corrected chi connectivity index (χ4v) is 0.927. The van der Waals surface area contributed by atoms with Crippen LogP contribution in [0.25, 0.3) is 0 Å². The number of esters is 1. The molecule has 0 saturated carbocycles. The van der Waals surface area contributed by atoms with Gasteiger partial charge in [-0.25, -0.2) is 9.78 Å². The molecule has 12 heavy (non-hydrogen) atoms. The Morgan fingerprint density at radius 1 is 1.83 bits per heavy atom. The maximum Gasteiger partial charge on any atom is 0.356 e. The van der Waals surface area contributed by atoms with Gasteiger partial charge in [0.1, 0.15) is 5.69 Å². The van der Waals surface area contributed by atoms with Crippen LogP contribution in [0.4, 0.5) is 0 Å². The Bertz CT molecular complexity index is 553. The van der Waals surface area contributed by atoms with Gasteiger partial charge in [-0.2, -0.15) is 0 Å². The van der Waals surface area contributed by atoms with Gasteiger partial charge in [-0.15, -0.1) is 0 Å². The highest BCUT2D eigenvalue weighted by Crippen LogP contribution is 2.12. The standard InChI is InChI=1S/C8H8BrNO2/c1-5-3-6(9)4-7(10-5)8(11)12-2/h3-4H,1-2H3/i1D3,2D3,3D,4D. The summed E-state index contributed by atoms with van der Waals surface area (Å²) >= 11 is 2.81. The van der Waals surface area contributed by atoms with Crippen LogP contribution in [0.5, 0.6) is 0 Å². The molecule has 1 heterocycles. The number of rotatable bonds is 1. The van der Waals surface area contributed by atoms with E-state index in [1.165, 1.54) is 0 Å². The van der Waals surface area contributed by atoms with Gasteiger partial charge in [-0.3, -0.25) is 0 Å². The summed E-state index contributed by atoms with van der Waals surface area (Å²) in [7, 11) is -3.04. The maximum atomic E-state index is 11.6. The highest BCUT2D eigenvalue weighted by Gasteiger charge is 2.07. The van der Waals surface area contributed by atoms with Crippen LogP contribution in [0.2, 0.25) is 0 Å². The molecule has 3 nitrogen and oxygen atoms in total. The Balaban J connectivity index is 3.42. The SMILES string of the molecule is [2H]c1c(C(=O)OC([2H])([2H])[2H])nc(C([2H])([2H])[2H])c([2H])c1Br. The van der Waals surface area contributed by atoms with Crippen molar-refractivity contribution >= 4 is 21.9 Å². The summed E-state index contributed by atoms with van der Waals surface area (Å²) in [4.78, 5) is 15.0. The number of aryl methyl sites for hydroxylation is 1. The highest BCUT2D eigenvalue weighted by molar-refractivity contribution is 9.10. The van der Waals surface area contributed by atoms with Crippen LogP contribution in [0.15, 0.2) is 16.6 Å². The lowest BCUT2D eigenvalue weighted by Crippen LogP contribution is -2.04. The molecular formula is C8H8BrNO2. The van der Waals surface area contributed by atoms with Crippen molar-refractivity contribution in [3.8, 4) is 0 Å². The normalized spacial score (nSPS) is 21.4. The highest BCUT2D eigenvalue weighted by atomic mass is 79.9. The van der Waals surface area contributed by atoms with Crippen LogP contribution in [-0.2, 0) is 4.74 Å². The van der Waals surface area contributed by atoms with Gasteiger partial charge in [-0.05, 0) is 18.9 Å². The number of methoxy groups -OCH3 is 1. The second kappa shape index (κ2) is 3.67. The number of pyridine rings is 1. The van der Waals surface area contributed by atoms with Gasteiger partial charge in [0, 0.05) is 14.3 Å². The van der Waals surface area contributed by atoms with E-state index in [0.717, 1.165) is 0 Å². The zero-order valence-electron chi connectivity index (χ0n) is 13.6. The summed E-state index contributed by atoms with van der Waals surface area (Å²) in [6, 6.07) is -1.18. The monoisotopic (exact) mass is 237 g/mol. The summed E-state index contributed by atoms with van der Waals surface area (Å²) in [6.45, 7) is -2.79. The zero-order valence-corrected chi connectivity index (χ0v) is 7.23. The van der Waals surface area contributed by atoms with E-state index in [1.54, 1.807) is 0 Å². The van der Waals surface area contributed by atoms with Crippen LogP contribution >= 0.6 is 15.9 Å². The van der Waals surface area contributed by atoms with Crippen molar-refractivity contribution in [3.63, 3.8) is 0 Å². The molecule has 0 aromatic carbocycles. The first-order chi connectivity index (χ1) is 8.84. The Morgan fingerprint density at radius 3 is 3.33 bits per heavy atom. The molecule has 0 aliphatic rings. The number of ether oxygens (including phenoxy) is 1. The van der Waals surface area contributed by atoms with E-state index < -0.39 is 43.3 Å². The van der Waals surface area contributed by atoms with E-state index in [2.05, 4.69) is 25.7 Å². The summed E-state index contributed by atoms with van der Waals surface area (Å²) < 4.78 is 60.9. The largest absolute Gasteiger partial charge is 0.464 e. The Morgan fingerprint density at radius 2 is 2.67 bits per heavy atom. The summed E-state index contributed by atoms with van der Waals surface area (Å²) in [6.07, 6.45) is 0. The Labute approximate surface area is 90.1 Å². The van der Waals surface area contributed by atoms with E-state index in [9.17, 15) is 4.79 Å². The van der Waals surface area contributed by atoms with Gasteiger partial charge in [-0.1, -0.05) is 15.9 Å². The number of halogens is 1. The minimum Gasteiger partial charge on any atom is -0.464 e. The van der Waals surface area contributed by atoms with E-state index in [1.807, 2.05) is 0 Å². The predicted octanol–water partition coefficient (Wildman–Crippen LogP) is 1.94. The van der Waals surface area contributed by atoms with Crippen molar-refractivity contribution in [2.75, 3.05) is 7.04 Å². The van der Waals surface area contributed by atoms with Crippen molar-refractivity contribution in [1.82, 2.24) is 4.98 Å². The molecule has 1 aromatic rings. The quantitative estimate of drug-likeness (QED) is 0.702. The number of aromatic nitrogens is 1. The van der Waals surface area contributed by atoms with E-state index >= 15 is 0 Å². The molecule has 0 bridgehead atoms. The molecule has 0 aliphatic heterocycles. The molecule has 1 rings (SSSR count). The fraction of sp³-hybridized carbons (Fsp3) is 0.250. The van der Waals surface area contributed by atoms with Crippen molar-refractivity contribution in [3.05, 3.63) is 27.9 Å². The first kappa shape index (κ1) is 3.10. The molecule has 0 radical (unpaired) electrons. The van der Waals surface area contributed by atoms with Crippen molar-refractivity contribution < 1.29 is 20.5 Å². The van der Waals surface area contributed by atoms with Crippen LogP contribution in [0, 0.1) is 6.85 Å². The lowest BCUT2D eigenvalue weighted by Gasteiger charge is -2.00. The molecule has 0 spiro atoms. The van der Waals surface area contributed by atoms with Gasteiger partial charge in [0.15, 0.2) is 0 Å². The zero-order chi connectivity index (χ0) is 15.9. The van der Waals surface area contributed by atoms with Crippen LogP contribution in [-0.4, -0.2) is 18.0 Å². The smallest absolute Gasteiger partial charge is 0.356 e. The molecule has 0 saturated heterocycles. The first-order valence-corrected chi connectivity index (χ1v) is 3.54. The lowest BCUT2D eigenvalue weighted by molar-refractivity contribution is 0.0593.